The van der Waals surface area contributed by atoms with E-state index in [1.165, 1.54) is 0 Å². The zero-order valence-electron chi connectivity index (χ0n) is 17.9. The molecule has 9 nitrogen and oxygen atoms in total. The zero-order chi connectivity index (χ0) is 22.8. The van der Waals surface area contributed by atoms with Gasteiger partial charge in [-0.1, -0.05) is 41.6 Å². The fourth-order valence-electron chi connectivity index (χ4n) is 3.54. The van der Waals surface area contributed by atoms with E-state index in [-0.39, 0.29) is 11.3 Å². The van der Waals surface area contributed by atoms with Crippen LogP contribution in [0.1, 0.15) is 18.1 Å². The molecule has 0 bridgehead atoms. The van der Waals surface area contributed by atoms with Gasteiger partial charge in [0.25, 0.3) is 5.56 Å². The summed E-state index contributed by atoms with van der Waals surface area (Å²) in [4.78, 5) is 37.1. The Balaban J connectivity index is 1.82. The zero-order valence-corrected chi connectivity index (χ0v) is 18.7. The molecule has 0 spiro atoms. The Morgan fingerprint density at radius 3 is 2.62 bits per heavy atom. The van der Waals surface area contributed by atoms with E-state index >= 15 is 0 Å². The van der Waals surface area contributed by atoms with E-state index in [2.05, 4.69) is 20.8 Å². The van der Waals surface area contributed by atoms with Gasteiger partial charge in [-0.2, -0.15) is 0 Å². The summed E-state index contributed by atoms with van der Waals surface area (Å²) in [6.45, 7) is 6.12. The molecule has 2 heterocycles. The van der Waals surface area contributed by atoms with Crippen LogP contribution in [0, 0.1) is 13.8 Å². The minimum Gasteiger partial charge on any atom is -0.338 e. The first-order valence-corrected chi connectivity index (χ1v) is 11.1. The normalized spacial score (nSPS) is 11.1. The Hall–Kier alpha value is -3.66. The molecule has 0 saturated carbocycles. The molecule has 0 aliphatic rings. The smallest absolute Gasteiger partial charge is 0.321 e. The Bertz CT molecular complexity index is 1410. The number of benzene rings is 2. The number of carbonyl (C=O) groups excluding carboxylic acids is 2. The van der Waals surface area contributed by atoms with Crippen LogP contribution in [0.25, 0.3) is 22.4 Å². The second-order valence-electron chi connectivity index (χ2n) is 7.26. The van der Waals surface area contributed by atoms with Gasteiger partial charge in [0.2, 0.25) is 11.7 Å². The van der Waals surface area contributed by atoms with Crippen LogP contribution in [0.5, 0.6) is 0 Å². The second-order valence-corrected chi connectivity index (χ2v) is 8.20. The van der Waals surface area contributed by atoms with Gasteiger partial charge in [0.15, 0.2) is 5.16 Å². The average Bonchev–Trinajstić information content (AvgIpc) is 3.18. The molecule has 164 valence electrons. The van der Waals surface area contributed by atoms with Crippen molar-refractivity contribution >= 4 is 40.4 Å². The monoisotopic (exact) mass is 450 g/mol. The van der Waals surface area contributed by atoms with Crippen molar-refractivity contribution in [2.45, 2.75) is 25.9 Å². The molecule has 0 fully saturated rings. The Morgan fingerprint density at radius 1 is 1.09 bits per heavy atom. The van der Waals surface area contributed by atoms with Crippen LogP contribution in [-0.2, 0) is 4.79 Å². The molecule has 0 unspecified atom stereocenters. The number of para-hydroxylation sites is 1. The number of aryl methyl sites for hydroxylation is 2. The molecule has 3 amide bonds. The molecule has 2 N–H and O–H groups in total. The van der Waals surface area contributed by atoms with Gasteiger partial charge >= 0.3 is 6.03 Å². The second kappa shape index (κ2) is 8.83. The lowest BCUT2D eigenvalue weighted by atomic mass is 10.1. The number of hydrogen-bond acceptors (Lipinski definition) is 6. The largest absolute Gasteiger partial charge is 0.338 e. The molecule has 0 aliphatic heterocycles. The van der Waals surface area contributed by atoms with Crippen molar-refractivity contribution in [2.75, 3.05) is 12.3 Å². The van der Waals surface area contributed by atoms with Gasteiger partial charge in [-0.3, -0.25) is 19.3 Å². The summed E-state index contributed by atoms with van der Waals surface area (Å²) < 4.78 is 3.31. The summed E-state index contributed by atoms with van der Waals surface area (Å²) in [5, 5.41) is 14.3. The van der Waals surface area contributed by atoms with Crippen LogP contribution < -0.4 is 16.2 Å². The number of imide groups is 1. The van der Waals surface area contributed by atoms with Crippen LogP contribution >= 0.6 is 11.8 Å². The SMILES string of the molecule is CCNC(=O)NC(=O)CSc1nnc2n(-c3ccc(C)cc3C)c(=O)c3ccccc3n12. The molecule has 4 rings (SSSR count). The van der Waals surface area contributed by atoms with E-state index in [9.17, 15) is 14.4 Å². The summed E-state index contributed by atoms with van der Waals surface area (Å²) >= 11 is 1.14. The summed E-state index contributed by atoms with van der Waals surface area (Å²) in [6, 6.07) is 12.5. The molecule has 10 heteroatoms. The molecule has 0 atom stereocenters. The first kappa shape index (κ1) is 21.6. The van der Waals surface area contributed by atoms with E-state index in [0.29, 0.717) is 34.1 Å². The lowest BCUT2D eigenvalue weighted by Crippen LogP contribution is -2.40. The number of carbonyl (C=O) groups is 2. The van der Waals surface area contributed by atoms with Crippen molar-refractivity contribution in [3.05, 3.63) is 63.9 Å². The molecule has 0 saturated heterocycles. The minimum atomic E-state index is -0.543. The first-order valence-electron chi connectivity index (χ1n) is 10.1. The molecule has 0 radical (unpaired) electrons. The van der Waals surface area contributed by atoms with Crippen molar-refractivity contribution in [1.82, 2.24) is 29.8 Å². The first-order chi connectivity index (χ1) is 15.4. The summed E-state index contributed by atoms with van der Waals surface area (Å²) in [5.41, 5.74) is 3.19. The quantitative estimate of drug-likeness (QED) is 0.452. The van der Waals surface area contributed by atoms with Gasteiger partial charge in [-0.15, -0.1) is 10.2 Å². The van der Waals surface area contributed by atoms with Crippen molar-refractivity contribution in [1.29, 1.82) is 0 Å². The Labute approximate surface area is 187 Å². The summed E-state index contributed by atoms with van der Waals surface area (Å²) in [7, 11) is 0. The van der Waals surface area contributed by atoms with Crippen molar-refractivity contribution in [2.24, 2.45) is 0 Å². The standard InChI is InChI=1S/C22H22N6O3S/c1-4-23-20(31)24-18(29)12-32-22-26-25-21-27(16-10-9-13(2)11-14(16)3)19(30)15-7-5-6-8-17(15)28(21)22/h5-11H,4,12H2,1-3H3,(H2,23,24,29,31). The number of urea groups is 1. The maximum absolute atomic E-state index is 13.4. The molecule has 2 aromatic carbocycles. The molecular formula is C22H22N6O3S. The van der Waals surface area contributed by atoms with Crippen LogP contribution in [-0.4, -0.2) is 43.4 Å². The van der Waals surface area contributed by atoms with Crippen molar-refractivity contribution in [3.63, 3.8) is 0 Å². The predicted molar refractivity (Wildman–Crippen MR) is 124 cm³/mol. The molecule has 0 aliphatic carbocycles. The number of amides is 3. The maximum atomic E-state index is 13.4. The highest BCUT2D eigenvalue weighted by molar-refractivity contribution is 7.99. The van der Waals surface area contributed by atoms with Crippen LogP contribution in [0.3, 0.4) is 0 Å². The van der Waals surface area contributed by atoms with Crippen LogP contribution in [0.15, 0.2) is 52.4 Å². The van der Waals surface area contributed by atoms with Gasteiger partial charge in [0.1, 0.15) is 0 Å². The number of hydrogen-bond donors (Lipinski definition) is 2. The van der Waals surface area contributed by atoms with Crippen LogP contribution in [0.2, 0.25) is 0 Å². The molecular weight excluding hydrogens is 428 g/mol. The predicted octanol–water partition coefficient (Wildman–Crippen LogP) is 2.59. The van der Waals surface area contributed by atoms with E-state index in [0.717, 1.165) is 22.9 Å². The fourth-order valence-corrected chi connectivity index (χ4v) is 4.28. The van der Waals surface area contributed by atoms with E-state index in [4.69, 9.17) is 0 Å². The van der Waals surface area contributed by atoms with Crippen molar-refractivity contribution < 1.29 is 9.59 Å². The van der Waals surface area contributed by atoms with E-state index in [1.54, 1.807) is 28.0 Å². The van der Waals surface area contributed by atoms with E-state index < -0.39 is 11.9 Å². The summed E-state index contributed by atoms with van der Waals surface area (Å²) in [6.07, 6.45) is 0. The minimum absolute atomic E-state index is 0.0328. The third kappa shape index (κ3) is 3.96. The highest BCUT2D eigenvalue weighted by Crippen LogP contribution is 2.24. The third-order valence-corrected chi connectivity index (χ3v) is 5.84. The van der Waals surface area contributed by atoms with Gasteiger partial charge < -0.3 is 5.32 Å². The van der Waals surface area contributed by atoms with Gasteiger partial charge in [-0.05, 0) is 44.5 Å². The van der Waals surface area contributed by atoms with Gasteiger partial charge in [0.05, 0.1) is 22.3 Å². The molecule has 4 aromatic rings. The fraction of sp³-hybridized carbons (Fsp3) is 0.227. The molecule has 32 heavy (non-hydrogen) atoms. The van der Waals surface area contributed by atoms with E-state index in [1.807, 2.05) is 44.2 Å². The highest BCUT2D eigenvalue weighted by Gasteiger charge is 2.19. The lowest BCUT2D eigenvalue weighted by molar-refractivity contribution is -0.117. The number of nitrogens with one attached hydrogen (secondary N) is 2. The highest BCUT2D eigenvalue weighted by atomic mass is 32.2. The topological polar surface area (TPSA) is 110 Å². The maximum Gasteiger partial charge on any atom is 0.321 e. The van der Waals surface area contributed by atoms with Crippen LogP contribution in [0.4, 0.5) is 4.79 Å². The van der Waals surface area contributed by atoms with Crippen molar-refractivity contribution in [3.8, 4) is 5.69 Å². The average molecular weight is 451 g/mol. The Kier molecular flexibility index (Phi) is 5.95. The number of nitrogens with zero attached hydrogens (tertiary/aromatic N) is 4. The third-order valence-electron chi connectivity index (χ3n) is 4.91. The summed E-state index contributed by atoms with van der Waals surface area (Å²) in [5.74, 6) is -0.133. The number of aromatic nitrogens is 4. The molecule has 2 aromatic heterocycles. The van der Waals surface area contributed by atoms with Gasteiger partial charge in [-0.25, -0.2) is 9.36 Å². The Morgan fingerprint density at radius 2 is 1.88 bits per heavy atom. The number of fused-ring (bicyclic) bond motifs is 3. The lowest BCUT2D eigenvalue weighted by Gasteiger charge is -2.13. The number of rotatable bonds is 5. The van der Waals surface area contributed by atoms with Gasteiger partial charge in [0, 0.05) is 6.54 Å². The number of thioether (sulfide) groups is 1.